The van der Waals surface area contributed by atoms with Crippen LogP contribution < -0.4 is 19.8 Å². The SMILES string of the molecule is CCC=CCCOc1ccc2c(O[C@@H]3O[C@H](COC(C)=O)[C@H](OC(C)=O)[C@H](OC(C)=O)[C@H]3OC(C)=O)c(OC(C)=O)c(=O)oc2c1. The van der Waals surface area contributed by atoms with E-state index in [1.54, 1.807) is 6.07 Å². The second kappa shape index (κ2) is 16.4. The molecule has 0 radical (unpaired) electrons. The number of fused-ring (bicyclic) bond motifs is 1. The zero-order chi connectivity index (χ0) is 34.0. The van der Waals surface area contributed by atoms with Gasteiger partial charge in [-0.05, 0) is 25.0 Å². The standard InChI is InChI=1S/C31H36O15/c1-7-8-9-10-13-38-21-11-12-22-23(14-21)44-30(37)28(42-19(5)35)25(22)46-31-29(43-20(6)36)27(41-18(4)34)26(40-17(3)33)24(45-31)15-39-16(2)32/h8-9,11-12,14,24,26-27,29,31H,7,10,13,15H2,1-6H3/t24-,26+,27+,29-,31+/m1/s1. The van der Waals surface area contributed by atoms with Gasteiger partial charge in [-0.25, -0.2) is 4.79 Å². The Morgan fingerprint density at radius 1 is 0.804 bits per heavy atom. The number of rotatable bonds is 13. The van der Waals surface area contributed by atoms with Crippen LogP contribution in [0.25, 0.3) is 11.0 Å². The normalized spacial score (nSPS) is 20.9. The first kappa shape index (κ1) is 35.6. The Morgan fingerprint density at radius 3 is 2.07 bits per heavy atom. The molecule has 0 bridgehead atoms. The van der Waals surface area contributed by atoms with Gasteiger partial charge in [-0.2, -0.15) is 0 Å². The van der Waals surface area contributed by atoms with Crippen molar-refractivity contribution in [3.63, 3.8) is 0 Å². The van der Waals surface area contributed by atoms with Crippen molar-refractivity contribution in [1.82, 2.24) is 0 Å². The third-order valence-corrected chi connectivity index (χ3v) is 6.18. The predicted molar refractivity (Wildman–Crippen MR) is 156 cm³/mol. The van der Waals surface area contributed by atoms with Crippen molar-refractivity contribution in [3.8, 4) is 17.2 Å². The van der Waals surface area contributed by atoms with Crippen molar-refractivity contribution in [3.05, 3.63) is 40.8 Å². The number of carbonyl (C=O) groups is 5. The Kier molecular flexibility index (Phi) is 12.7. The summed E-state index contributed by atoms with van der Waals surface area (Å²) in [7, 11) is 0. The number of ether oxygens (including phenoxy) is 8. The molecular formula is C31H36O15. The molecule has 1 aromatic carbocycles. The molecule has 0 aliphatic carbocycles. The highest BCUT2D eigenvalue weighted by molar-refractivity contribution is 5.87. The largest absolute Gasteiger partial charge is 0.493 e. The van der Waals surface area contributed by atoms with Crippen LogP contribution in [-0.4, -0.2) is 73.8 Å². The van der Waals surface area contributed by atoms with Gasteiger partial charge in [-0.15, -0.1) is 0 Å². The number of allylic oxidation sites excluding steroid dienone is 1. The van der Waals surface area contributed by atoms with E-state index in [4.69, 9.17) is 42.3 Å². The molecule has 0 amide bonds. The molecule has 1 aliphatic rings. The second-order valence-electron chi connectivity index (χ2n) is 10.0. The van der Waals surface area contributed by atoms with Gasteiger partial charge in [-0.3, -0.25) is 24.0 Å². The quantitative estimate of drug-likeness (QED) is 0.101. The van der Waals surface area contributed by atoms with Crippen molar-refractivity contribution in [2.45, 2.75) is 85.1 Å². The minimum absolute atomic E-state index is 0.0249. The van der Waals surface area contributed by atoms with Crippen LogP contribution >= 0.6 is 0 Å². The minimum Gasteiger partial charge on any atom is -0.493 e. The number of benzene rings is 1. The van der Waals surface area contributed by atoms with E-state index in [9.17, 15) is 28.8 Å². The van der Waals surface area contributed by atoms with Gasteiger partial charge in [0.1, 0.15) is 24.0 Å². The van der Waals surface area contributed by atoms with E-state index in [1.165, 1.54) is 12.1 Å². The zero-order valence-corrected chi connectivity index (χ0v) is 26.2. The van der Waals surface area contributed by atoms with Gasteiger partial charge in [0.05, 0.1) is 12.0 Å². The fourth-order valence-corrected chi connectivity index (χ4v) is 4.50. The molecule has 3 rings (SSSR count). The Labute approximate surface area is 263 Å². The van der Waals surface area contributed by atoms with Crippen LogP contribution in [0.5, 0.6) is 17.2 Å². The lowest BCUT2D eigenvalue weighted by molar-refractivity contribution is -0.288. The van der Waals surface area contributed by atoms with Crippen molar-refractivity contribution >= 4 is 40.8 Å². The van der Waals surface area contributed by atoms with Crippen molar-refractivity contribution < 1.29 is 66.3 Å². The van der Waals surface area contributed by atoms with E-state index in [2.05, 4.69) is 0 Å². The minimum atomic E-state index is -1.72. The molecule has 1 aliphatic heterocycles. The number of hydrogen-bond donors (Lipinski definition) is 0. The Bertz CT molecular complexity index is 1520. The Hall–Kier alpha value is -4.92. The Balaban J connectivity index is 2.14. The summed E-state index contributed by atoms with van der Waals surface area (Å²) in [5, 5.41) is 0.113. The summed E-state index contributed by atoms with van der Waals surface area (Å²) in [6.45, 7) is 7.22. The molecular weight excluding hydrogens is 612 g/mol. The summed E-state index contributed by atoms with van der Waals surface area (Å²) < 4.78 is 49.7. The molecule has 1 fully saturated rings. The van der Waals surface area contributed by atoms with Gasteiger partial charge in [0, 0.05) is 40.7 Å². The number of carbonyl (C=O) groups excluding carboxylic acids is 5. The van der Waals surface area contributed by atoms with Crippen LogP contribution in [0, 0.1) is 0 Å². The summed E-state index contributed by atoms with van der Waals surface area (Å²) in [6.07, 6.45) is -2.18. The van der Waals surface area contributed by atoms with E-state index in [-0.39, 0.29) is 16.7 Å². The van der Waals surface area contributed by atoms with Crippen LogP contribution in [-0.2, 0) is 47.7 Å². The maximum atomic E-state index is 13.1. The lowest BCUT2D eigenvalue weighted by atomic mass is 9.98. The van der Waals surface area contributed by atoms with Crippen LogP contribution in [0.3, 0.4) is 0 Å². The van der Waals surface area contributed by atoms with E-state index in [0.717, 1.165) is 41.0 Å². The lowest BCUT2D eigenvalue weighted by Crippen LogP contribution is -2.63. The first-order valence-corrected chi connectivity index (χ1v) is 14.3. The van der Waals surface area contributed by atoms with Gasteiger partial charge in [0.25, 0.3) is 5.75 Å². The lowest BCUT2D eigenvalue weighted by Gasteiger charge is -2.44. The summed E-state index contributed by atoms with van der Waals surface area (Å²) >= 11 is 0. The third-order valence-electron chi connectivity index (χ3n) is 6.18. The van der Waals surface area contributed by atoms with Gasteiger partial charge in [0.15, 0.2) is 18.0 Å². The molecule has 5 atom stereocenters. The molecule has 250 valence electrons. The first-order chi connectivity index (χ1) is 21.8. The Morgan fingerprint density at radius 2 is 1.46 bits per heavy atom. The molecule has 46 heavy (non-hydrogen) atoms. The fraction of sp³-hybridized carbons (Fsp3) is 0.484. The third kappa shape index (κ3) is 9.79. The molecule has 15 heteroatoms. The van der Waals surface area contributed by atoms with E-state index in [1.807, 2.05) is 19.1 Å². The van der Waals surface area contributed by atoms with Crippen molar-refractivity contribution in [2.75, 3.05) is 13.2 Å². The van der Waals surface area contributed by atoms with Crippen LogP contribution in [0.4, 0.5) is 0 Å². The molecule has 1 aromatic heterocycles. The van der Waals surface area contributed by atoms with Gasteiger partial charge in [-0.1, -0.05) is 19.1 Å². The maximum absolute atomic E-state index is 13.1. The average Bonchev–Trinajstić information content (AvgIpc) is 2.95. The molecule has 2 aromatic rings. The summed E-state index contributed by atoms with van der Waals surface area (Å²) in [4.78, 5) is 73.1. The molecule has 0 N–H and O–H groups in total. The van der Waals surface area contributed by atoms with Crippen LogP contribution in [0.1, 0.15) is 54.4 Å². The smallest absolute Gasteiger partial charge is 0.383 e. The highest BCUT2D eigenvalue weighted by Gasteiger charge is 2.53. The maximum Gasteiger partial charge on any atom is 0.383 e. The molecule has 15 nitrogen and oxygen atoms in total. The van der Waals surface area contributed by atoms with Gasteiger partial charge in [0.2, 0.25) is 12.4 Å². The van der Waals surface area contributed by atoms with Crippen molar-refractivity contribution in [1.29, 1.82) is 0 Å². The average molecular weight is 649 g/mol. The second-order valence-corrected chi connectivity index (χ2v) is 10.0. The van der Waals surface area contributed by atoms with Crippen LogP contribution in [0.2, 0.25) is 0 Å². The molecule has 2 heterocycles. The molecule has 0 saturated carbocycles. The summed E-state index contributed by atoms with van der Waals surface area (Å²) in [6, 6.07) is 4.46. The van der Waals surface area contributed by atoms with Crippen molar-refractivity contribution in [2.24, 2.45) is 0 Å². The monoisotopic (exact) mass is 648 g/mol. The van der Waals surface area contributed by atoms with E-state index >= 15 is 0 Å². The van der Waals surface area contributed by atoms with Gasteiger partial charge < -0.3 is 42.3 Å². The van der Waals surface area contributed by atoms with E-state index < -0.39 is 78.5 Å². The molecule has 1 saturated heterocycles. The van der Waals surface area contributed by atoms with Gasteiger partial charge >= 0.3 is 35.5 Å². The number of hydrogen-bond acceptors (Lipinski definition) is 15. The predicted octanol–water partition coefficient (Wildman–Crippen LogP) is 2.92. The fourth-order valence-electron chi connectivity index (χ4n) is 4.50. The molecule has 0 unspecified atom stereocenters. The number of esters is 5. The summed E-state index contributed by atoms with van der Waals surface area (Å²) in [5.41, 5.74) is -1.13. The molecule has 0 spiro atoms. The summed E-state index contributed by atoms with van der Waals surface area (Å²) in [5.74, 6) is -4.80. The van der Waals surface area contributed by atoms with Crippen LogP contribution in [0.15, 0.2) is 39.6 Å². The topological polar surface area (TPSA) is 189 Å². The van der Waals surface area contributed by atoms with E-state index in [0.29, 0.717) is 18.8 Å². The first-order valence-electron chi connectivity index (χ1n) is 14.3. The zero-order valence-electron chi connectivity index (χ0n) is 26.2. The highest BCUT2D eigenvalue weighted by atomic mass is 16.7. The highest BCUT2D eigenvalue weighted by Crippen LogP contribution is 2.38.